The molecule has 0 spiro atoms. The van der Waals surface area contributed by atoms with Gasteiger partial charge in [0.05, 0.1) is 11.9 Å². The van der Waals surface area contributed by atoms with Crippen molar-refractivity contribution in [2.24, 2.45) is 0 Å². The molecule has 45 heavy (non-hydrogen) atoms. The van der Waals surface area contributed by atoms with Gasteiger partial charge in [0.15, 0.2) is 0 Å². The summed E-state index contributed by atoms with van der Waals surface area (Å²) in [6.07, 6.45) is 4.53. The second-order valence-electron chi connectivity index (χ2n) is 10.5. The summed E-state index contributed by atoms with van der Waals surface area (Å²) in [5.74, 6) is 0.699. The number of sulfonamides is 1. The average Bonchev–Trinajstić information content (AvgIpc) is 2.99. The molecule has 1 fully saturated rings. The van der Waals surface area contributed by atoms with Crippen LogP contribution in [0.3, 0.4) is 0 Å². The molecule has 5 rings (SSSR count). The largest absolute Gasteiger partial charge is 0.457 e. The lowest BCUT2D eigenvalue weighted by Crippen LogP contribution is -2.46. The number of halogens is 3. The number of aromatic nitrogens is 1. The van der Waals surface area contributed by atoms with Crippen molar-refractivity contribution >= 4 is 52.1 Å². The van der Waals surface area contributed by atoms with Gasteiger partial charge in [-0.3, -0.25) is 24.7 Å². The van der Waals surface area contributed by atoms with Crippen LogP contribution < -0.4 is 20.1 Å². The van der Waals surface area contributed by atoms with E-state index in [0.717, 1.165) is 44.3 Å². The van der Waals surface area contributed by atoms with Crippen LogP contribution in [0.1, 0.15) is 30.1 Å². The first-order chi connectivity index (χ1) is 20.7. The topological polar surface area (TPSA) is 113 Å². The molecule has 1 atom stereocenters. The Morgan fingerprint density at radius 2 is 1.51 bits per heavy atom. The number of carbonyl (C=O) groups is 1. The first-order valence-electron chi connectivity index (χ1n) is 14.0. The molecule has 1 aromatic heterocycles. The summed E-state index contributed by atoms with van der Waals surface area (Å²) >= 11 is 0. The molecule has 9 nitrogen and oxygen atoms in total. The molecule has 3 N–H and O–H groups in total. The maximum atomic E-state index is 13.3. The fraction of sp³-hybridized carbons (Fsp3) is 0.250. The van der Waals surface area contributed by atoms with Crippen molar-refractivity contribution in [2.45, 2.75) is 31.5 Å². The standard InChI is InChI=1S/C32H34FN5O4S.2ClH/c1-43(40,41)37-27-11-15-29(16-12-27)42-28-13-5-23(6-14-28)22-38-20-17-26(18-21-38)35-31(30-4-2-3-19-34-30)32(39)36-25-9-7-24(33)8-10-25;;/h2-16,19,26,31,35,37H,17-18,20-22H2,1H3,(H,36,39);2*1H. The Morgan fingerprint density at radius 1 is 0.911 bits per heavy atom. The number of rotatable bonds is 11. The molecular formula is C32H36Cl2FN5O4S. The number of piperidine rings is 1. The van der Waals surface area contributed by atoms with Crippen molar-refractivity contribution < 1.29 is 22.3 Å². The molecule has 1 unspecified atom stereocenters. The number of nitrogens with zero attached hydrogens (tertiary/aromatic N) is 2. The van der Waals surface area contributed by atoms with Gasteiger partial charge < -0.3 is 10.1 Å². The van der Waals surface area contributed by atoms with Crippen molar-refractivity contribution in [3.05, 3.63) is 114 Å². The summed E-state index contributed by atoms with van der Waals surface area (Å²) in [5, 5.41) is 6.38. The Morgan fingerprint density at radius 3 is 2.09 bits per heavy atom. The molecule has 0 bridgehead atoms. The number of anilines is 2. The van der Waals surface area contributed by atoms with E-state index in [-0.39, 0.29) is 42.6 Å². The number of likely N-dealkylation sites (tertiary alicyclic amines) is 1. The zero-order valence-corrected chi connectivity index (χ0v) is 27.0. The number of amides is 1. The van der Waals surface area contributed by atoms with Crippen molar-refractivity contribution in [2.75, 3.05) is 29.4 Å². The van der Waals surface area contributed by atoms with E-state index in [9.17, 15) is 17.6 Å². The van der Waals surface area contributed by atoms with Crippen LogP contribution in [0, 0.1) is 5.82 Å². The second kappa shape index (κ2) is 16.5. The lowest BCUT2D eigenvalue weighted by Gasteiger charge is -2.34. The minimum atomic E-state index is -3.33. The lowest BCUT2D eigenvalue weighted by molar-refractivity contribution is -0.118. The zero-order valence-electron chi connectivity index (χ0n) is 24.6. The molecule has 13 heteroatoms. The van der Waals surface area contributed by atoms with Crippen LogP contribution in [0.2, 0.25) is 0 Å². The van der Waals surface area contributed by atoms with Crippen LogP contribution in [0.15, 0.2) is 97.2 Å². The van der Waals surface area contributed by atoms with Crippen molar-refractivity contribution in [1.82, 2.24) is 15.2 Å². The van der Waals surface area contributed by atoms with Crippen LogP contribution in [-0.4, -0.2) is 49.6 Å². The molecular weight excluding hydrogens is 640 g/mol. The highest BCUT2D eigenvalue weighted by molar-refractivity contribution is 7.92. The molecule has 2 heterocycles. The Kier molecular flexibility index (Phi) is 13.1. The zero-order chi connectivity index (χ0) is 30.2. The van der Waals surface area contributed by atoms with Crippen LogP contribution in [0.4, 0.5) is 15.8 Å². The van der Waals surface area contributed by atoms with Gasteiger partial charge in [-0.2, -0.15) is 0 Å². The third-order valence-electron chi connectivity index (χ3n) is 7.07. The van der Waals surface area contributed by atoms with Gasteiger partial charge in [0.2, 0.25) is 15.9 Å². The van der Waals surface area contributed by atoms with Gasteiger partial charge >= 0.3 is 0 Å². The molecule has 3 aromatic carbocycles. The molecule has 0 aliphatic carbocycles. The summed E-state index contributed by atoms with van der Waals surface area (Å²) in [4.78, 5) is 20.0. The number of ether oxygens (including phenoxy) is 1. The first kappa shape index (κ1) is 35.7. The average molecular weight is 677 g/mol. The molecule has 1 aliphatic rings. The van der Waals surface area contributed by atoms with Crippen LogP contribution >= 0.6 is 24.8 Å². The van der Waals surface area contributed by atoms with Gasteiger partial charge in [0.1, 0.15) is 23.4 Å². The van der Waals surface area contributed by atoms with E-state index < -0.39 is 16.1 Å². The predicted molar refractivity (Wildman–Crippen MR) is 179 cm³/mol. The first-order valence-corrected chi connectivity index (χ1v) is 15.9. The smallest absolute Gasteiger partial charge is 0.247 e. The van der Waals surface area contributed by atoms with Gasteiger partial charge in [-0.05, 0) is 104 Å². The van der Waals surface area contributed by atoms with E-state index in [1.807, 2.05) is 42.5 Å². The van der Waals surface area contributed by atoms with E-state index in [2.05, 4.69) is 25.2 Å². The molecule has 4 aromatic rings. The molecule has 1 saturated heterocycles. The number of pyridine rings is 1. The van der Waals surface area contributed by atoms with Gasteiger partial charge in [0, 0.05) is 30.2 Å². The van der Waals surface area contributed by atoms with Crippen molar-refractivity contribution in [3.63, 3.8) is 0 Å². The summed E-state index contributed by atoms with van der Waals surface area (Å²) in [5.41, 5.74) is 2.80. The van der Waals surface area contributed by atoms with E-state index >= 15 is 0 Å². The SMILES string of the molecule is CS(=O)(=O)Nc1ccc(Oc2ccc(CN3CCC(NC(C(=O)Nc4ccc(F)cc4)c4ccccn4)CC3)cc2)cc1.Cl.Cl. The molecule has 1 amide bonds. The minimum absolute atomic E-state index is 0. The second-order valence-corrected chi connectivity index (χ2v) is 12.3. The summed E-state index contributed by atoms with van der Waals surface area (Å²) in [6, 6.07) is 25.4. The maximum Gasteiger partial charge on any atom is 0.247 e. The Balaban J connectivity index is 0.00000276. The fourth-order valence-electron chi connectivity index (χ4n) is 4.95. The molecule has 240 valence electrons. The number of benzene rings is 3. The highest BCUT2D eigenvalue weighted by Gasteiger charge is 2.27. The van der Waals surface area contributed by atoms with E-state index in [1.54, 1.807) is 42.6 Å². The normalized spacial score (nSPS) is 14.4. The highest BCUT2D eigenvalue weighted by Crippen LogP contribution is 2.25. The minimum Gasteiger partial charge on any atom is -0.457 e. The van der Waals surface area contributed by atoms with Gasteiger partial charge in [0.25, 0.3) is 0 Å². The Labute approximate surface area is 275 Å². The van der Waals surface area contributed by atoms with Gasteiger partial charge in [-0.25, -0.2) is 12.8 Å². The van der Waals surface area contributed by atoms with Gasteiger partial charge in [-0.1, -0.05) is 18.2 Å². The van der Waals surface area contributed by atoms with Crippen molar-refractivity contribution in [1.29, 1.82) is 0 Å². The third kappa shape index (κ3) is 11.0. The number of nitrogens with one attached hydrogen (secondary N) is 3. The summed E-state index contributed by atoms with van der Waals surface area (Å²) in [6.45, 7) is 2.55. The summed E-state index contributed by atoms with van der Waals surface area (Å²) in [7, 11) is -3.33. The molecule has 0 saturated carbocycles. The predicted octanol–water partition coefficient (Wildman–Crippen LogP) is 6.16. The van der Waals surface area contributed by atoms with Crippen LogP contribution in [0.5, 0.6) is 11.5 Å². The van der Waals surface area contributed by atoms with E-state index in [4.69, 9.17) is 4.74 Å². The van der Waals surface area contributed by atoms with Crippen molar-refractivity contribution in [3.8, 4) is 11.5 Å². The Hall–Kier alpha value is -3.74. The number of hydrogen-bond acceptors (Lipinski definition) is 7. The van der Waals surface area contributed by atoms with E-state index in [0.29, 0.717) is 28.6 Å². The maximum absolute atomic E-state index is 13.3. The number of carbonyl (C=O) groups excluding carboxylic acids is 1. The fourth-order valence-corrected chi connectivity index (χ4v) is 5.51. The Bertz CT molecular complexity index is 1610. The lowest BCUT2D eigenvalue weighted by atomic mass is 10.0. The quantitative estimate of drug-likeness (QED) is 0.175. The number of hydrogen-bond donors (Lipinski definition) is 3. The van der Waals surface area contributed by atoms with E-state index in [1.165, 1.54) is 12.1 Å². The molecule has 1 aliphatic heterocycles. The molecule has 0 radical (unpaired) electrons. The monoisotopic (exact) mass is 675 g/mol. The highest BCUT2D eigenvalue weighted by atomic mass is 35.5. The van der Waals surface area contributed by atoms with Crippen LogP contribution in [-0.2, 0) is 21.4 Å². The third-order valence-corrected chi connectivity index (χ3v) is 7.68. The van der Waals surface area contributed by atoms with Gasteiger partial charge in [-0.15, -0.1) is 24.8 Å². The van der Waals surface area contributed by atoms with Crippen LogP contribution in [0.25, 0.3) is 0 Å². The summed E-state index contributed by atoms with van der Waals surface area (Å²) < 4.78 is 44.4.